The number of guanidine groups is 1. The molecule has 0 fully saturated rings. The maximum absolute atomic E-state index is 13.8. The predicted molar refractivity (Wildman–Crippen MR) is 121 cm³/mol. The van der Waals surface area contributed by atoms with Crippen LogP contribution in [0.15, 0.2) is 60.1 Å². The van der Waals surface area contributed by atoms with Crippen molar-refractivity contribution in [3.63, 3.8) is 0 Å². The molecular formula is C21H18Cl2F6N6. The standard InChI is InChI=1S/C21H18Cl2F6N6/c22-13-2-4-17(16(23)8-13)33-19(32-10-30)34-18(9-35-6-5-31-11-35)14-7-12(20(24,25)26)1-3-15(14)21(27,28)29/h1-8,11,18H,9-10,30H2,(H2,32,33,34). The first-order chi connectivity index (χ1) is 16.4. The predicted octanol–water partition coefficient (Wildman–Crippen LogP) is 5.94. The van der Waals surface area contributed by atoms with E-state index < -0.39 is 35.1 Å². The van der Waals surface area contributed by atoms with Crippen molar-refractivity contribution in [3.05, 3.63) is 81.9 Å². The molecule has 3 rings (SSSR count). The fourth-order valence-electron chi connectivity index (χ4n) is 3.21. The number of nitrogens with two attached hydrogens (primary N) is 1. The van der Waals surface area contributed by atoms with Gasteiger partial charge in [0.05, 0.1) is 40.9 Å². The number of nitrogens with one attached hydrogen (secondary N) is 2. The highest BCUT2D eigenvalue weighted by Crippen LogP contribution is 2.39. The molecule has 188 valence electrons. The highest BCUT2D eigenvalue weighted by molar-refractivity contribution is 6.36. The molecule has 1 atom stereocenters. The lowest BCUT2D eigenvalue weighted by atomic mass is 9.96. The van der Waals surface area contributed by atoms with Gasteiger partial charge in [-0.1, -0.05) is 23.2 Å². The smallest absolute Gasteiger partial charge is 0.347 e. The van der Waals surface area contributed by atoms with Crippen molar-refractivity contribution >= 4 is 34.8 Å². The van der Waals surface area contributed by atoms with E-state index in [0.29, 0.717) is 23.2 Å². The average molecular weight is 539 g/mol. The Hall–Kier alpha value is -2.96. The molecule has 0 saturated carbocycles. The molecule has 0 spiro atoms. The highest BCUT2D eigenvalue weighted by atomic mass is 35.5. The number of benzene rings is 2. The lowest BCUT2D eigenvalue weighted by Crippen LogP contribution is -2.38. The molecule has 1 heterocycles. The fourth-order valence-corrected chi connectivity index (χ4v) is 3.66. The largest absolute Gasteiger partial charge is 0.416 e. The lowest BCUT2D eigenvalue weighted by Gasteiger charge is -2.26. The number of nitrogens with zero attached hydrogens (tertiary/aromatic N) is 3. The van der Waals surface area contributed by atoms with E-state index in [-0.39, 0.29) is 29.9 Å². The Morgan fingerprint density at radius 2 is 1.80 bits per heavy atom. The number of hydrogen-bond donors (Lipinski definition) is 3. The van der Waals surface area contributed by atoms with Crippen LogP contribution in [0, 0.1) is 0 Å². The van der Waals surface area contributed by atoms with Crippen LogP contribution in [0.4, 0.5) is 32.0 Å². The van der Waals surface area contributed by atoms with Gasteiger partial charge in [0.25, 0.3) is 0 Å². The number of alkyl halides is 6. The normalized spacial score (nSPS) is 13.6. The quantitative estimate of drug-likeness (QED) is 0.206. The van der Waals surface area contributed by atoms with Gasteiger partial charge in [0.2, 0.25) is 0 Å². The molecule has 0 aliphatic heterocycles. The second kappa shape index (κ2) is 10.8. The first kappa shape index (κ1) is 26.6. The molecule has 3 aromatic rings. The Labute approximate surface area is 205 Å². The number of hydrogen-bond acceptors (Lipinski definition) is 3. The number of aliphatic imine (C=N–C) groups is 1. The molecule has 0 bridgehead atoms. The van der Waals surface area contributed by atoms with Crippen molar-refractivity contribution in [2.75, 3.05) is 12.0 Å². The lowest BCUT2D eigenvalue weighted by molar-refractivity contribution is -0.142. The third-order valence-corrected chi connectivity index (χ3v) is 5.30. The summed E-state index contributed by atoms with van der Waals surface area (Å²) in [5.74, 6) is -0.118. The maximum atomic E-state index is 13.8. The number of rotatable bonds is 6. The van der Waals surface area contributed by atoms with Gasteiger partial charge in [-0.2, -0.15) is 26.3 Å². The highest BCUT2D eigenvalue weighted by Gasteiger charge is 2.39. The molecule has 0 amide bonds. The van der Waals surface area contributed by atoms with Crippen LogP contribution in [-0.4, -0.2) is 22.2 Å². The van der Waals surface area contributed by atoms with Crippen LogP contribution < -0.4 is 16.4 Å². The summed E-state index contributed by atoms with van der Waals surface area (Å²) in [7, 11) is 0. The molecule has 14 heteroatoms. The van der Waals surface area contributed by atoms with Crippen molar-refractivity contribution in [3.8, 4) is 0 Å². The van der Waals surface area contributed by atoms with Crippen LogP contribution in [0.2, 0.25) is 10.0 Å². The van der Waals surface area contributed by atoms with Crippen molar-refractivity contribution in [2.24, 2.45) is 10.7 Å². The summed E-state index contributed by atoms with van der Waals surface area (Å²) >= 11 is 12.0. The molecule has 1 aromatic heterocycles. The molecule has 0 radical (unpaired) electrons. The summed E-state index contributed by atoms with van der Waals surface area (Å²) in [6.07, 6.45) is -5.62. The number of anilines is 1. The zero-order valence-electron chi connectivity index (χ0n) is 17.6. The summed E-state index contributed by atoms with van der Waals surface area (Å²) in [6.45, 7) is -0.503. The van der Waals surface area contributed by atoms with E-state index in [1.54, 1.807) is 0 Å². The Bertz CT molecular complexity index is 1180. The minimum Gasteiger partial charge on any atom is -0.347 e. The van der Waals surface area contributed by atoms with Crippen LogP contribution in [0.3, 0.4) is 0 Å². The van der Waals surface area contributed by atoms with E-state index in [1.807, 2.05) is 0 Å². The van der Waals surface area contributed by atoms with Gasteiger partial charge in [0.1, 0.15) is 0 Å². The summed E-state index contributed by atoms with van der Waals surface area (Å²) in [4.78, 5) is 7.83. The Morgan fingerprint density at radius 1 is 1.06 bits per heavy atom. The molecular weight excluding hydrogens is 521 g/mol. The zero-order valence-corrected chi connectivity index (χ0v) is 19.1. The van der Waals surface area contributed by atoms with Crippen molar-refractivity contribution < 1.29 is 26.3 Å². The number of aromatic nitrogens is 2. The topological polar surface area (TPSA) is 80.3 Å². The zero-order chi connectivity index (χ0) is 25.8. The van der Waals surface area contributed by atoms with Gasteiger partial charge in [-0.05, 0) is 42.0 Å². The first-order valence-electron chi connectivity index (χ1n) is 9.85. The van der Waals surface area contributed by atoms with E-state index in [0.717, 1.165) is 0 Å². The summed E-state index contributed by atoms with van der Waals surface area (Å²) in [5.41, 5.74) is 2.69. The van der Waals surface area contributed by atoms with Crippen LogP contribution in [-0.2, 0) is 18.9 Å². The van der Waals surface area contributed by atoms with Crippen molar-refractivity contribution in [2.45, 2.75) is 24.9 Å². The van der Waals surface area contributed by atoms with Gasteiger partial charge in [0.15, 0.2) is 5.96 Å². The van der Waals surface area contributed by atoms with E-state index in [9.17, 15) is 26.3 Å². The maximum Gasteiger partial charge on any atom is 0.416 e. The molecule has 6 nitrogen and oxygen atoms in total. The van der Waals surface area contributed by atoms with Gasteiger partial charge >= 0.3 is 12.4 Å². The third kappa shape index (κ3) is 7.03. The van der Waals surface area contributed by atoms with Gasteiger partial charge in [-0.25, -0.2) is 9.98 Å². The van der Waals surface area contributed by atoms with Gasteiger partial charge < -0.3 is 20.9 Å². The van der Waals surface area contributed by atoms with Crippen LogP contribution >= 0.6 is 23.2 Å². The van der Waals surface area contributed by atoms with Crippen LogP contribution in [0.25, 0.3) is 0 Å². The second-order valence-electron chi connectivity index (χ2n) is 7.19. The molecule has 0 aliphatic carbocycles. The molecule has 0 saturated heterocycles. The van der Waals surface area contributed by atoms with Crippen LogP contribution in [0.5, 0.6) is 0 Å². The SMILES string of the molecule is NC/N=C(\Nc1ccc(Cl)cc1Cl)NC(Cn1ccnc1)c1cc(C(F)(F)F)ccc1C(F)(F)F. The minimum atomic E-state index is -4.92. The molecule has 0 aliphatic rings. The number of halogens is 8. The summed E-state index contributed by atoms with van der Waals surface area (Å²) < 4.78 is 83.0. The van der Waals surface area contributed by atoms with Crippen molar-refractivity contribution in [1.29, 1.82) is 0 Å². The van der Waals surface area contributed by atoms with Gasteiger partial charge in [-0.15, -0.1) is 0 Å². The summed E-state index contributed by atoms with van der Waals surface area (Å²) in [5, 5.41) is 6.05. The molecule has 35 heavy (non-hydrogen) atoms. The fraction of sp³-hybridized carbons (Fsp3) is 0.238. The van der Waals surface area contributed by atoms with E-state index in [1.165, 1.54) is 41.5 Å². The van der Waals surface area contributed by atoms with E-state index >= 15 is 0 Å². The Kier molecular flexibility index (Phi) is 8.18. The monoisotopic (exact) mass is 538 g/mol. The van der Waals surface area contributed by atoms with E-state index in [4.69, 9.17) is 28.9 Å². The Balaban J connectivity index is 2.08. The minimum absolute atomic E-state index is 0.118. The first-order valence-corrected chi connectivity index (χ1v) is 10.6. The van der Waals surface area contributed by atoms with Gasteiger partial charge in [0, 0.05) is 24.0 Å². The molecule has 2 aromatic carbocycles. The summed E-state index contributed by atoms with van der Waals surface area (Å²) in [6, 6.07) is 4.34. The van der Waals surface area contributed by atoms with Crippen molar-refractivity contribution in [1.82, 2.24) is 14.9 Å². The van der Waals surface area contributed by atoms with Gasteiger partial charge in [-0.3, -0.25) is 0 Å². The van der Waals surface area contributed by atoms with Crippen LogP contribution in [0.1, 0.15) is 22.7 Å². The third-order valence-electron chi connectivity index (χ3n) is 4.76. The van der Waals surface area contributed by atoms with E-state index in [2.05, 4.69) is 20.6 Å². The molecule has 4 N–H and O–H groups in total. The Morgan fingerprint density at radius 3 is 2.37 bits per heavy atom. The average Bonchev–Trinajstić information content (AvgIpc) is 3.27. The second-order valence-corrected chi connectivity index (χ2v) is 8.04. The number of imidazole rings is 1. The molecule has 1 unspecified atom stereocenters.